The Hall–Kier alpha value is -4.17. The van der Waals surface area contributed by atoms with Gasteiger partial charge in [0, 0.05) is 12.0 Å². The quantitative estimate of drug-likeness (QED) is 0.203. The van der Waals surface area contributed by atoms with E-state index in [4.69, 9.17) is 14.5 Å². The molecule has 0 saturated carbocycles. The van der Waals surface area contributed by atoms with Gasteiger partial charge in [0.05, 0.1) is 28.9 Å². The number of nitrogens with zero attached hydrogens (tertiary/aromatic N) is 2. The monoisotopic (exact) mass is 526 g/mol. The van der Waals surface area contributed by atoms with Gasteiger partial charge >= 0.3 is 5.91 Å². The third-order valence-electron chi connectivity index (χ3n) is 7.07. The second-order valence-corrected chi connectivity index (χ2v) is 10.8. The van der Waals surface area contributed by atoms with E-state index in [2.05, 4.69) is 0 Å². The van der Waals surface area contributed by atoms with E-state index in [1.54, 1.807) is 43.5 Å². The smallest absolute Gasteiger partial charge is 0.301 e. The highest BCUT2D eigenvalue weighted by Gasteiger charge is 2.48. The molecular weight excluding hydrogens is 500 g/mol. The Morgan fingerprint density at radius 3 is 2.61 bits per heavy atom. The van der Waals surface area contributed by atoms with Gasteiger partial charge in [-0.1, -0.05) is 29.5 Å². The fourth-order valence-electron chi connectivity index (χ4n) is 5.32. The number of aliphatic hydroxyl groups is 1. The van der Waals surface area contributed by atoms with E-state index in [9.17, 15) is 14.7 Å². The summed E-state index contributed by atoms with van der Waals surface area (Å²) < 4.78 is 12.0. The molecule has 1 saturated heterocycles. The zero-order chi connectivity index (χ0) is 26.7. The van der Waals surface area contributed by atoms with Gasteiger partial charge in [0.1, 0.15) is 23.4 Å². The number of benzene rings is 3. The number of ether oxygens (including phenoxy) is 2. The molecular formula is C30H26N2O5S. The number of aromatic nitrogens is 1. The maximum Gasteiger partial charge on any atom is 0.301 e. The van der Waals surface area contributed by atoms with E-state index in [1.165, 1.54) is 16.2 Å². The van der Waals surface area contributed by atoms with Crippen molar-refractivity contribution in [2.45, 2.75) is 39.3 Å². The van der Waals surface area contributed by atoms with Crippen LogP contribution in [0.2, 0.25) is 0 Å². The molecule has 3 aromatic carbocycles. The molecule has 3 heterocycles. The van der Waals surface area contributed by atoms with E-state index < -0.39 is 17.7 Å². The van der Waals surface area contributed by atoms with Crippen LogP contribution in [0.15, 0.2) is 60.2 Å². The van der Waals surface area contributed by atoms with Gasteiger partial charge in [0.2, 0.25) is 0 Å². The lowest BCUT2D eigenvalue weighted by Crippen LogP contribution is -2.29. The Bertz CT molecular complexity index is 1650. The molecule has 38 heavy (non-hydrogen) atoms. The standard InChI is InChI=1S/C30H26N2O5S/c1-15-11-16(2)25-23(12-15)38-30(31-25)32-26(18-5-8-21(36-4)9-6-18)24(28(34)29(32)35)27(33)19-7-10-22-20(14-19)13-17(3)37-22/h5-12,14,17,26,33H,13H2,1-4H3/t17-,26-/m0/s1. The summed E-state index contributed by atoms with van der Waals surface area (Å²) in [5.41, 5.74) is 4.99. The Labute approximate surface area is 224 Å². The van der Waals surface area contributed by atoms with E-state index in [0.29, 0.717) is 28.4 Å². The van der Waals surface area contributed by atoms with Crippen LogP contribution >= 0.6 is 11.3 Å². The highest BCUT2D eigenvalue weighted by molar-refractivity contribution is 7.22. The number of carbonyl (C=O) groups is 2. The number of fused-ring (bicyclic) bond motifs is 2. The normalized spacial score (nSPS) is 20.2. The summed E-state index contributed by atoms with van der Waals surface area (Å²) in [5.74, 6) is -0.285. The summed E-state index contributed by atoms with van der Waals surface area (Å²) in [5, 5.41) is 11.9. The molecule has 1 N–H and O–H groups in total. The third kappa shape index (κ3) is 3.83. The van der Waals surface area contributed by atoms with Gasteiger partial charge in [0.15, 0.2) is 5.13 Å². The van der Waals surface area contributed by atoms with Crippen molar-refractivity contribution in [3.8, 4) is 11.5 Å². The predicted octanol–water partition coefficient (Wildman–Crippen LogP) is 5.87. The van der Waals surface area contributed by atoms with Crippen LogP contribution < -0.4 is 14.4 Å². The molecule has 6 rings (SSSR count). The average molecular weight is 527 g/mol. The van der Waals surface area contributed by atoms with Gasteiger partial charge in [-0.05, 0) is 79.4 Å². The largest absolute Gasteiger partial charge is 0.507 e. The first-order valence-electron chi connectivity index (χ1n) is 12.4. The molecule has 1 amide bonds. The summed E-state index contributed by atoms with van der Waals surface area (Å²) in [6.45, 7) is 5.97. The minimum absolute atomic E-state index is 0.0271. The first-order valence-corrected chi connectivity index (χ1v) is 13.2. The zero-order valence-electron chi connectivity index (χ0n) is 21.4. The molecule has 4 aromatic rings. The molecule has 7 nitrogen and oxygen atoms in total. The van der Waals surface area contributed by atoms with Crippen molar-refractivity contribution in [2.24, 2.45) is 0 Å². The number of thiazole rings is 1. The average Bonchev–Trinajstić information content (AvgIpc) is 3.56. The zero-order valence-corrected chi connectivity index (χ0v) is 22.3. The molecule has 1 aromatic heterocycles. The van der Waals surface area contributed by atoms with Gasteiger partial charge in [-0.3, -0.25) is 14.5 Å². The Morgan fingerprint density at radius 2 is 1.87 bits per heavy atom. The SMILES string of the molecule is COc1ccc([C@H]2C(=C(O)c3ccc4c(c3)C[C@H](C)O4)C(=O)C(=O)N2c2nc3c(C)cc(C)cc3s2)cc1. The summed E-state index contributed by atoms with van der Waals surface area (Å²) in [6, 6.07) is 15.7. The lowest BCUT2D eigenvalue weighted by Gasteiger charge is -2.23. The van der Waals surface area contributed by atoms with Gasteiger partial charge in [-0.25, -0.2) is 4.98 Å². The van der Waals surface area contributed by atoms with Crippen LogP contribution in [-0.4, -0.2) is 35.0 Å². The lowest BCUT2D eigenvalue weighted by molar-refractivity contribution is -0.132. The van der Waals surface area contributed by atoms with Gasteiger partial charge in [-0.15, -0.1) is 0 Å². The van der Waals surface area contributed by atoms with Crippen LogP contribution in [0, 0.1) is 13.8 Å². The van der Waals surface area contributed by atoms with Gasteiger partial charge in [-0.2, -0.15) is 0 Å². The van der Waals surface area contributed by atoms with Crippen molar-refractivity contribution < 1.29 is 24.2 Å². The third-order valence-corrected chi connectivity index (χ3v) is 8.07. The fraction of sp³-hybridized carbons (Fsp3) is 0.233. The van der Waals surface area contributed by atoms with Crippen LogP contribution in [0.25, 0.3) is 16.0 Å². The van der Waals surface area contributed by atoms with Crippen molar-refractivity contribution in [3.63, 3.8) is 0 Å². The lowest BCUT2D eigenvalue weighted by atomic mass is 9.94. The molecule has 192 valence electrons. The number of hydrogen-bond donors (Lipinski definition) is 1. The molecule has 0 unspecified atom stereocenters. The summed E-state index contributed by atoms with van der Waals surface area (Å²) in [7, 11) is 1.57. The van der Waals surface area contributed by atoms with Crippen molar-refractivity contribution in [1.82, 2.24) is 4.98 Å². The number of aryl methyl sites for hydroxylation is 2. The minimum atomic E-state index is -0.855. The number of ketones is 1. The van der Waals surface area contributed by atoms with Crippen LogP contribution in [0.5, 0.6) is 11.5 Å². The molecule has 0 spiro atoms. The maximum absolute atomic E-state index is 13.6. The first-order chi connectivity index (χ1) is 18.2. The predicted molar refractivity (Wildman–Crippen MR) is 147 cm³/mol. The number of Topliss-reactive ketones (excluding diaryl/α,β-unsaturated/α-hetero) is 1. The van der Waals surface area contributed by atoms with E-state index in [-0.39, 0.29) is 17.4 Å². The van der Waals surface area contributed by atoms with Crippen molar-refractivity contribution in [2.75, 3.05) is 12.0 Å². The number of methoxy groups -OCH3 is 1. The van der Waals surface area contributed by atoms with Crippen LogP contribution in [0.3, 0.4) is 0 Å². The first kappa shape index (κ1) is 24.2. The maximum atomic E-state index is 13.6. The second kappa shape index (κ2) is 8.99. The molecule has 1 fully saturated rings. The number of carbonyl (C=O) groups excluding carboxylic acids is 2. The van der Waals surface area contributed by atoms with E-state index >= 15 is 0 Å². The van der Waals surface area contributed by atoms with Crippen molar-refractivity contribution in [1.29, 1.82) is 0 Å². The highest BCUT2D eigenvalue weighted by Crippen LogP contribution is 2.45. The van der Waals surface area contributed by atoms with Gasteiger partial charge in [0.25, 0.3) is 5.78 Å². The Morgan fingerprint density at radius 1 is 1.11 bits per heavy atom. The van der Waals surface area contributed by atoms with E-state index in [1.807, 2.05) is 39.0 Å². The number of rotatable bonds is 4. The molecule has 0 radical (unpaired) electrons. The molecule has 2 atom stereocenters. The molecule has 8 heteroatoms. The summed E-state index contributed by atoms with van der Waals surface area (Å²) in [4.78, 5) is 33.3. The number of amides is 1. The van der Waals surface area contributed by atoms with Crippen LogP contribution in [0.4, 0.5) is 5.13 Å². The molecule has 0 bridgehead atoms. The molecule has 2 aliphatic heterocycles. The van der Waals surface area contributed by atoms with Crippen molar-refractivity contribution in [3.05, 3.63) is 88.0 Å². The second-order valence-electron chi connectivity index (χ2n) is 9.82. The van der Waals surface area contributed by atoms with Gasteiger partial charge < -0.3 is 14.6 Å². The van der Waals surface area contributed by atoms with E-state index in [0.717, 1.165) is 32.7 Å². The van der Waals surface area contributed by atoms with Crippen LogP contribution in [-0.2, 0) is 16.0 Å². The summed E-state index contributed by atoms with van der Waals surface area (Å²) in [6.07, 6.45) is 0.746. The molecule has 2 aliphatic rings. The number of hydrogen-bond acceptors (Lipinski definition) is 7. The van der Waals surface area contributed by atoms with Crippen LogP contribution in [0.1, 0.15) is 40.8 Å². The fourth-order valence-corrected chi connectivity index (χ4v) is 6.49. The highest BCUT2D eigenvalue weighted by atomic mass is 32.1. The molecule has 0 aliphatic carbocycles. The topological polar surface area (TPSA) is 89.0 Å². The Kier molecular flexibility index (Phi) is 5.72. The number of anilines is 1. The van der Waals surface area contributed by atoms with Crippen molar-refractivity contribution >= 4 is 44.1 Å². The summed E-state index contributed by atoms with van der Waals surface area (Å²) >= 11 is 1.36. The number of aliphatic hydroxyl groups excluding tert-OH is 1. The minimum Gasteiger partial charge on any atom is -0.507 e. The Balaban J connectivity index is 1.54.